The molecule has 0 aliphatic heterocycles. The Morgan fingerprint density at radius 1 is 1.10 bits per heavy atom. The van der Waals surface area contributed by atoms with Gasteiger partial charge in [0.05, 0.1) is 5.02 Å². The third-order valence-electron chi connectivity index (χ3n) is 3.04. The van der Waals surface area contributed by atoms with Crippen molar-refractivity contribution in [2.45, 2.75) is 13.8 Å². The molecule has 2 rings (SSSR count). The highest BCUT2D eigenvalue weighted by atomic mass is 35.5. The highest BCUT2D eigenvalue weighted by Gasteiger charge is 2.07. The van der Waals surface area contributed by atoms with E-state index in [2.05, 4.69) is 5.32 Å². The number of nitrogens with one attached hydrogen (secondary N) is 1. The number of anilines is 1. The van der Waals surface area contributed by atoms with E-state index in [4.69, 9.17) is 27.9 Å². The van der Waals surface area contributed by atoms with E-state index in [0.29, 0.717) is 15.8 Å². The van der Waals surface area contributed by atoms with Gasteiger partial charge < -0.3 is 10.1 Å². The molecule has 110 valence electrons. The Hall–Kier alpha value is -1.71. The normalized spacial score (nSPS) is 10.3. The molecule has 5 heteroatoms. The summed E-state index contributed by atoms with van der Waals surface area (Å²) in [6.45, 7) is 3.88. The lowest BCUT2D eigenvalue weighted by molar-refractivity contribution is -0.118. The number of benzene rings is 2. The van der Waals surface area contributed by atoms with Gasteiger partial charge in [0.15, 0.2) is 6.61 Å². The SMILES string of the molecule is Cc1ccc(NC(=O)COc2cc(Cl)ccc2Cl)cc1C. The van der Waals surface area contributed by atoms with Crippen LogP contribution < -0.4 is 10.1 Å². The van der Waals surface area contributed by atoms with Gasteiger partial charge in [0.25, 0.3) is 5.91 Å². The standard InChI is InChI=1S/C16H15Cl2NO2/c1-10-3-5-13(7-11(10)2)19-16(20)9-21-15-8-12(17)4-6-14(15)18/h3-8H,9H2,1-2H3,(H,19,20). The molecule has 0 bridgehead atoms. The highest BCUT2D eigenvalue weighted by Crippen LogP contribution is 2.27. The summed E-state index contributed by atoms with van der Waals surface area (Å²) in [4.78, 5) is 11.9. The zero-order valence-corrected chi connectivity index (χ0v) is 13.3. The molecule has 0 saturated carbocycles. The molecule has 1 N–H and O–H groups in total. The maximum atomic E-state index is 11.9. The Bertz CT molecular complexity index is 671. The van der Waals surface area contributed by atoms with E-state index < -0.39 is 0 Å². The van der Waals surface area contributed by atoms with Gasteiger partial charge in [0, 0.05) is 16.8 Å². The number of ether oxygens (including phenoxy) is 1. The quantitative estimate of drug-likeness (QED) is 0.890. The van der Waals surface area contributed by atoms with Crippen LogP contribution in [0, 0.1) is 13.8 Å². The average Bonchev–Trinajstić information content (AvgIpc) is 2.44. The molecule has 0 saturated heterocycles. The maximum absolute atomic E-state index is 11.9. The number of halogens is 2. The number of amides is 1. The fraction of sp³-hybridized carbons (Fsp3) is 0.188. The molecular formula is C16H15Cl2NO2. The molecule has 3 nitrogen and oxygen atoms in total. The predicted octanol–water partition coefficient (Wildman–Crippen LogP) is 4.63. The molecule has 0 unspecified atom stereocenters. The average molecular weight is 324 g/mol. The second-order valence-corrected chi connectivity index (χ2v) is 5.55. The molecule has 0 fully saturated rings. The second kappa shape index (κ2) is 6.83. The van der Waals surface area contributed by atoms with Gasteiger partial charge in [-0.1, -0.05) is 29.3 Å². The fourth-order valence-electron chi connectivity index (χ4n) is 1.75. The Morgan fingerprint density at radius 2 is 1.86 bits per heavy atom. The Morgan fingerprint density at radius 3 is 2.57 bits per heavy atom. The Balaban J connectivity index is 1.95. The third-order valence-corrected chi connectivity index (χ3v) is 3.59. The molecule has 2 aromatic carbocycles. The molecule has 2 aromatic rings. The van der Waals surface area contributed by atoms with E-state index in [0.717, 1.165) is 11.3 Å². The lowest BCUT2D eigenvalue weighted by atomic mass is 10.1. The zero-order chi connectivity index (χ0) is 15.4. The Labute approximate surface area is 133 Å². The van der Waals surface area contributed by atoms with Gasteiger partial charge in [0.2, 0.25) is 0 Å². The first-order chi connectivity index (χ1) is 9.95. The van der Waals surface area contributed by atoms with Crippen molar-refractivity contribution in [1.82, 2.24) is 0 Å². The van der Waals surface area contributed by atoms with Gasteiger partial charge in [-0.25, -0.2) is 0 Å². The van der Waals surface area contributed by atoms with Crippen LogP contribution in [0.3, 0.4) is 0 Å². The van der Waals surface area contributed by atoms with Crippen molar-refractivity contribution >= 4 is 34.8 Å². The summed E-state index contributed by atoms with van der Waals surface area (Å²) in [5.74, 6) is 0.133. The summed E-state index contributed by atoms with van der Waals surface area (Å²) in [5.41, 5.74) is 3.03. The first kappa shape index (κ1) is 15.7. The molecule has 0 heterocycles. The summed E-state index contributed by atoms with van der Waals surface area (Å²) >= 11 is 11.8. The number of hydrogen-bond donors (Lipinski definition) is 1. The molecule has 21 heavy (non-hydrogen) atoms. The van der Waals surface area contributed by atoms with Crippen molar-refractivity contribution in [3.8, 4) is 5.75 Å². The third kappa shape index (κ3) is 4.38. The Kier molecular flexibility index (Phi) is 5.10. The highest BCUT2D eigenvalue weighted by molar-refractivity contribution is 6.34. The monoisotopic (exact) mass is 323 g/mol. The minimum atomic E-state index is -0.255. The van der Waals surface area contributed by atoms with Gasteiger partial charge >= 0.3 is 0 Å². The van der Waals surface area contributed by atoms with Crippen molar-refractivity contribution in [2.75, 3.05) is 11.9 Å². The van der Waals surface area contributed by atoms with Crippen LogP contribution in [0.2, 0.25) is 10.0 Å². The van der Waals surface area contributed by atoms with Gasteiger partial charge in [-0.3, -0.25) is 4.79 Å². The number of carbonyl (C=O) groups excluding carboxylic acids is 1. The molecule has 1 amide bonds. The summed E-state index contributed by atoms with van der Waals surface area (Å²) < 4.78 is 5.38. The lowest BCUT2D eigenvalue weighted by Gasteiger charge is -2.10. The van der Waals surface area contributed by atoms with Crippen molar-refractivity contribution in [1.29, 1.82) is 0 Å². The van der Waals surface area contributed by atoms with Gasteiger partial charge in [-0.15, -0.1) is 0 Å². The van der Waals surface area contributed by atoms with Crippen LogP contribution in [-0.2, 0) is 4.79 Å². The minimum Gasteiger partial charge on any atom is -0.482 e. The van der Waals surface area contributed by atoms with E-state index >= 15 is 0 Å². The minimum absolute atomic E-state index is 0.132. The smallest absolute Gasteiger partial charge is 0.262 e. The predicted molar refractivity (Wildman–Crippen MR) is 86.5 cm³/mol. The van der Waals surface area contributed by atoms with Crippen LogP contribution >= 0.6 is 23.2 Å². The number of aryl methyl sites for hydroxylation is 2. The summed E-state index contributed by atoms with van der Waals surface area (Å²) in [6, 6.07) is 10.6. The lowest BCUT2D eigenvalue weighted by Crippen LogP contribution is -2.20. The van der Waals surface area contributed by atoms with Crippen LogP contribution in [0.4, 0.5) is 5.69 Å². The second-order valence-electron chi connectivity index (χ2n) is 4.71. The first-order valence-electron chi connectivity index (χ1n) is 6.40. The van der Waals surface area contributed by atoms with Gasteiger partial charge in [-0.2, -0.15) is 0 Å². The van der Waals surface area contributed by atoms with Gasteiger partial charge in [0.1, 0.15) is 5.75 Å². The molecule has 0 spiro atoms. The molecule has 0 aliphatic carbocycles. The van der Waals surface area contributed by atoms with Crippen LogP contribution in [0.15, 0.2) is 36.4 Å². The fourth-order valence-corrected chi connectivity index (χ4v) is 2.08. The van der Waals surface area contributed by atoms with E-state index in [1.165, 1.54) is 5.56 Å². The van der Waals surface area contributed by atoms with E-state index in [9.17, 15) is 4.79 Å². The number of carbonyl (C=O) groups is 1. The summed E-state index contributed by atoms with van der Waals surface area (Å²) in [5, 5.41) is 3.69. The van der Waals surface area contributed by atoms with Crippen molar-refractivity contribution in [3.63, 3.8) is 0 Å². The molecule has 0 radical (unpaired) electrons. The largest absolute Gasteiger partial charge is 0.482 e. The summed E-state index contributed by atoms with van der Waals surface area (Å²) in [6.07, 6.45) is 0. The molecule has 0 atom stereocenters. The molecule has 0 aliphatic rings. The van der Waals surface area contributed by atoms with Crippen molar-refractivity contribution < 1.29 is 9.53 Å². The van der Waals surface area contributed by atoms with Crippen molar-refractivity contribution in [2.24, 2.45) is 0 Å². The van der Waals surface area contributed by atoms with Crippen LogP contribution in [0.25, 0.3) is 0 Å². The molecule has 0 aromatic heterocycles. The topological polar surface area (TPSA) is 38.3 Å². The summed E-state index contributed by atoms with van der Waals surface area (Å²) in [7, 11) is 0. The van der Waals surface area contributed by atoms with Crippen LogP contribution in [0.1, 0.15) is 11.1 Å². The van der Waals surface area contributed by atoms with E-state index in [-0.39, 0.29) is 12.5 Å². The van der Waals surface area contributed by atoms with Crippen LogP contribution in [0.5, 0.6) is 5.75 Å². The van der Waals surface area contributed by atoms with Gasteiger partial charge in [-0.05, 0) is 49.2 Å². The molecular weight excluding hydrogens is 309 g/mol. The van der Waals surface area contributed by atoms with Crippen LogP contribution in [-0.4, -0.2) is 12.5 Å². The van der Waals surface area contributed by atoms with Crippen molar-refractivity contribution in [3.05, 3.63) is 57.6 Å². The number of hydrogen-bond acceptors (Lipinski definition) is 2. The number of rotatable bonds is 4. The zero-order valence-electron chi connectivity index (χ0n) is 11.7. The van der Waals surface area contributed by atoms with E-state index in [1.807, 2.05) is 32.0 Å². The van der Waals surface area contributed by atoms with E-state index in [1.54, 1.807) is 18.2 Å². The first-order valence-corrected chi connectivity index (χ1v) is 7.16. The maximum Gasteiger partial charge on any atom is 0.262 e.